The van der Waals surface area contributed by atoms with Gasteiger partial charge in [-0.25, -0.2) is 9.22 Å². The van der Waals surface area contributed by atoms with Crippen LogP contribution in [-0.2, 0) is 16.6 Å². The molecule has 3 aromatic carbocycles. The van der Waals surface area contributed by atoms with Crippen molar-refractivity contribution in [1.82, 2.24) is 4.83 Å². The molecule has 0 heterocycles. The zero-order chi connectivity index (χ0) is 20.0. The summed E-state index contributed by atoms with van der Waals surface area (Å²) in [5, 5.41) is 4.41. The van der Waals surface area contributed by atoms with Crippen LogP contribution in [0.2, 0.25) is 5.02 Å². The Labute approximate surface area is 167 Å². The first-order valence-corrected chi connectivity index (χ1v) is 10.1. The predicted molar refractivity (Wildman–Crippen MR) is 107 cm³/mol. The van der Waals surface area contributed by atoms with E-state index in [1.807, 2.05) is 12.1 Å². The average molecular weight is 419 g/mol. The van der Waals surface area contributed by atoms with Crippen molar-refractivity contribution in [2.75, 3.05) is 0 Å². The van der Waals surface area contributed by atoms with E-state index < -0.39 is 15.8 Å². The largest absolute Gasteiger partial charge is 0.489 e. The van der Waals surface area contributed by atoms with E-state index in [9.17, 15) is 12.8 Å². The third-order valence-corrected chi connectivity index (χ3v) is 5.18. The van der Waals surface area contributed by atoms with Gasteiger partial charge in [0.25, 0.3) is 10.0 Å². The Kier molecular flexibility index (Phi) is 6.28. The topological polar surface area (TPSA) is 67.8 Å². The third kappa shape index (κ3) is 5.55. The number of sulfonamides is 1. The molecule has 144 valence electrons. The number of hydrazone groups is 1. The molecule has 0 aliphatic rings. The molecule has 0 saturated heterocycles. The monoisotopic (exact) mass is 418 g/mol. The van der Waals surface area contributed by atoms with Gasteiger partial charge in [-0.05, 0) is 59.7 Å². The molecule has 0 amide bonds. The first-order valence-electron chi connectivity index (χ1n) is 8.20. The van der Waals surface area contributed by atoms with Gasteiger partial charge in [0.1, 0.15) is 18.2 Å². The van der Waals surface area contributed by atoms with E-state index in [1.54, 1.807) is 36.4 Å². The molecule has 0 spiro atoms. The lowest BCUT2D eigenvalue weighted by atomic mass is 10.2. The van der Waals surface area contributed by atoms with Gasteiger partial charge in [-0.1, -0.05) is 35.9 Å². The molecule has 3 rings (SSSR count). The maximum absolute atomic E-state index is 12.9. The number of nitrogens with one attached hydrogen (secondary N) is 1. The van der Waals surface area contributed by atoms with Gasteiger partial charge >= 0.3 is 0 Å². The van der Waals surface area contributed by atoms with Crippen molar-refractivity contribution in [3.05, 3.63) is 94.8 Å². The SMILES string of the molecule is O=S(=O)(NN=Cc1cccc(OCc2ccc(Cl)cc2)c1)c1ccc(F)cc1. The van der Waals surface area contributed by atoms with E-state index in [2.05, 4.69) is 9.93 Å². The highest BCUT2D eigenvalue weighted by Crippen LogP contribution is 2.16. The lowest BCUT2D eigenvalue weighted by molar-refractivity contribution is 0.306. The normalized spacial score (nSPS) is 11.5. The van der Waals surface area contributed by atoms with Crippen LogP contribution in [0.5, 0.6) is 5.75 Å². The Hall–Kier alpha value is -2.90. The van der Waals surface area contributed by atoms with Crippen LogP contribution in [-0.4, -0.2) is 14.6 Å². The van der Waals surface area contributed by atoms with Gasteiger partial charge in [-0.2, -0.15) is 13.5 Å². The zero-order valence-corrected chi connectivity index (χ0v) is 16.1. The van der Waals surface area contributed by atoms with E-state index in [0.29, 0.717) is 22.9 Å². The second-order valence-electron chi connectivity index (χ2n) is 5.79. The minimum absolute atomic E-state index is 0.0777. The highest BCUT2D eigenvalue weighted by molar-refractivity contribution is 7.89. The van der Waals surface area contributed by atoms with Gasteiger partial charge in [0.05, 0.1) is 11.1 Å². The lowest BCUT2D eigenvalue weighted by Crippen LogP contribution is -2.18. The van der Waals surface area contributed by atoms with Crippen LogP contribution < -0.4 is 9.57 Å². The molecule has 3 aromatic rings. The first-order chi connectivity index (χ1) is 13.4. The standard InChI is InChI=1S/C20H16ClFN2O3S/c21-17-6-4-15(5-7-17)14-27-19-3-1-2-16(12-19)13-23-24-28(25,26)20-10-8-18(22)9-11-20/h1-13,24H,14H2. The van der Waals surface area contributed by atoms with Crippen molar-refractivity contribution >= 4 is 27.8 Å². The van der Waals surface area contributed by atoms with Crippen molar-refractivity contribution < 1.29 is 17.5 Å². The quantitative estimate of drug-likeness (QED) is 0.457. The summed E-state index contributed by atoms with van der Waals surface area (Å²) in [6.07, 6.45) is 1.36. The predicted octanol–water partition coefficient (Wildman–Crippen LogP) is 4.37. The molecular weight excluding hydrogens is 403 g/mol. The van der Waals surface area contributed by atoms with Gasteiger partial charge < -0.3 is 4.74 Å². The van der Waals surface area contributed by atoms with Gasteiger partial charge in [-0.3, -0.25) is 0 Å². The number of ether oxygens (including phenoxy) is 1. The Bertz CT molecular complexity index is 1070. The Morgan fingerprint density at radius 1 is 1.04 bits per heavy atom. The molecule has 0 atom stereocenters. The number of rotatable bonds is 7. The summed E-state index contributed by atoms with van der Waals surface area (Å²) in [6.45, 7) is 0.370. The highest BCUT2D eigenvalue weighted by Gasteiger charge is 2.12. The summed E-state index contributed by atoms with van der Waals surface area (Å²) in [5.74, 6) is 0.0955. The first kappa shape index (κ1) is 19.9. The van der Waals surface area contributed by atoms with E-state index >= 15 is 0 Å². The summed E-state index contributed by atoms with van der Waals surface area (Å²) in [5.41, 5.74) is 1.62. The minimum Gasteiger partial charge on any atom is -0.489 e. The molecule has 0 aromatic heterocycles. The smallest absolute Gasteiger partial charge is 0.276 e. The molecule has 28 heavy (non-hydrogen) atoms. The average Bonchev–Trinajstić information content (AvgIpc) is 2.68. The van der Waals surface area contributed by atoms with Crippen molar-refractivity contribution in [2.24, 2.45) is 5.10 Å². The fourth-order valence-corrected chi connectivity index (χ4v) is 3.19. The summed E-state index contributed by atoms with van der Waals surface area (Å²) in [7, 11) is -3.86. The number of benzene rings is 3. The molecular formula is C20H16ClFN2O3S. The molecule has 8 heteroatoms. The van der Waals surface area contributed by atoms with Gasteiger partial charge in [-0.15, -0.1) is 0 Å². The Morgan fingerprint density at radius 3 is 2.46 bits per heavy atom. The number of hydrogen-bond donors (Lipinski definition) is 1. The maximum Gasteiger partial charge on any atom is 0.276 e. The van der Waals surface area contributed by atoms with Crippen LogP contribution >= 0.6 is 11.6 Å². The molecule has 0 unspecified atom stereocenters. The van der Waals surface area contributed by atoms with E-state index in [4.69, 9.17) is 16.3 Å². The maximum atomic E-state index is 12.9. The van der Waals surface area contributed by atoms with Gasteiger partial charge in [0.2, 0.25) is 0 Å². The molecule has 0 bridgehead atoms. The second kappa shape index (κ2) is 8.86. The van der Waals surface area contributed by atoms with Crippen molar-refractivity contribution in [1.29, 1.82) is 0 Å². The van der Waals surface area contributed by atoms with Crippen LogP contribution in [0.15, 0.2) is 82.8 Å². The fraction of sp³-hybridized carbons (Fsp3) is 0.0500. The van der Waals surface area contributed by atoms with Crippen molar-refractivity contribution in [3.63, 3.8) is 0 Å². The van der Waals surface area contributed by atoms with Crippen LogP contribution in [0.3, 0.4) is 0 Å². The van der Waals surface area contributed by atoms with Crippen molar-refractivity contribution in [2.45, 2.75) is 11.5 Å². The minimum atomic E-state index is -3.86. The second-order valence-corrected chi connectivity index (χ2v) is 7.89. The molecule has 0 saturated carbocycles. The van der Waals surface area contributed by atoms with Gasteiger partial charge in [0.15, 0.2) is 0 Å². The van der Waals surface area contributed by atoms with E-state index in [0.717, 1.165) is 17.7 Å². The molecule has 0 aliphatic carbocycles. The summed E-state index contributed by atoms with van der Waals surface area (Å²) < 4.78 is 42.8. The van der Waals surface area contributed by atoms with Crippen molar-refractivity contribution in [3.8, 4) is 5.75 Å². The lowest BCUT2D eigenvalue weighted by Gasteiger charge is -2.07. The number of nitrogens with zero attached hydrogens (tertiary/aromatic N) is 1. The molecule has 1 N–H and O–H groups in total. The fourth-order valence-electron chi connectivity index (χ4n) is 2.27. The Balaban J connectivity index is 1.62. The van der Waals surface area contributed by atoms with Gasteiger partial charge in [0, 0.05) is 5.02 Å². The molecule has 5 nitrogen and oxygen atoms in total. The molecule has 0 aliphatic heterocycles. The van der Waals surface area contributed by atoms with Crippen LogP contribution in [0.25, 0.3) is 0 Å². The van der Waals surface area contributed by atoms with Crippen LogP contribution in [0.1, 0.15) is 11.1 Å². The molecule has 0 fully saturated rings. The number of halogens is 2. The van der Waals surface area contributed by atoms with Crippen LogP contribution in [0, 0.1) is 5.82 Å². The Morgan fingerprint density at radius 2 is 1.75 bits per heavy atom. The number of hydrogen-bond acceptors (Lipinski definition) is 4. The van der Waals surface area contributed by atoms with E-state index in [-0.39, 0.29) is 4.90 Å². The van der Waals surface area contributed by atoms with Crippen LogP contribution in [0.4, 0.5) is 4.39 Å². The summed E-state index contributed by atoms with van der Waals surface area (Å²) in [4.78, 5) is 2.01. The van der Waals surface area contributed by atoms with E-state index in [1.165, 1.54) is 18.3 Å². The summed E-state index contributed by atoms with van der Waals surface area (Å²) in [6, 6.07) is 18.8. The highest BCUT2D eigenvalue weighted by atomic mass is 35.5. The zero-order valence-electron chi connectivity index (χ0n) is 14.5. The summed E-state index contributed by atoms with van der Waals surface area (Å²) >= 11 is 5.86. The molecule has 0 radical (unpaired) electrons. The third-order valence-electron chi connectivity index (χ3n) is 3.69.